The van der Waals surface area contributed by atoms with Crippen molar-refractivity contribution in [1.82, 2.24) is 10.9 Å². The second-order valence-corrected chi connectivity index (χ2v) is 5.70. The van der Waals surface area contributed by atoms with Gasteiger partial charge in [0.25, 0.3) is 11.8 Å². The standard InChI is InChI=1S/C16H13IN2O4/c17-13-8-4-7-12(9-13)16(22)23-10-14(20)18-19-15(21)11-5-2-1-3-6-11/h1-9H,10H2,(H,18,20)(H,19,21). The number of benzene rings is 2. The van der Waals surface area contributed by atoms with Gasteiger partial charge in [-0.25, -0.2) is 4.79 Å². The van der Waals surface area contributed by atoms with Crippen LogP contribution in [-0.4, -0.2) is 24.4 Å². The van der Waals surface area contributed by atoms with Crippen molar-refractivity contribution in [3.05, 3.63) is 69.3 Å². The highest BCUT2D eigenvalue weighted by atomic mass is 127. The summed E-state index contributed by atoms with van der Waals surface area (Å²) in [5.74, 6) is -1.69. The summed E-state index contributed by atoms with van der Waals surface area (Å²) in [5.41, 5.74) is 5.19. The van der Waals surface area contributed by atoms with Crippen LogP contribution in [0, 0.1) is 3.57 Å². The Morgan fingerprint density at radius 1 is 0.913 bits per heavy atom. The predicted molar refractivity (Wildman–Crippen MR) is 91.5 cm³/mol. The monoisotopic (exact) mass is 424 g/mol. The van der Waals surface area contributed by atoms with E-state index in [1.165, 1.54) is 0 Å². The van der Waals surface area contributed by atoms with Crippen LogP contribution in [0.15, 0.2) is 54.6 Å². The van der Waals surface area contributed by atoms with Crippen molar-refractivity contribution in [3.63, 3.8) is 0 Å². The molecule has 0 aliphatic rings. The quantitative estimate of drug-likeness (QED) is 0.446. The highest BCUT2D eigenvalue weighted by molar-refractivity contribution is 14.1. The van der Waals surface area contributed by atoms with E-state index in [1.54, 1.807) is 48.5 Å². The van der Waals surface area contributed by atoms with Gasteiger partial charge in [0, 0.05) is 9.13 Å². The van der Waals surface area contributed by atoms with E-state index in [1.807, 2.05) is 6.07 Å². The molecular weight excluding hydrogens is 411 g/mol. The number of carbonyl (C=O) groups is 3. The molecule has 2 amide bonds. The molecule has 0 fully saturated rings. The number of hydrogen-bond donors (Lipinski definition) is 2. The minimum absolute atomic E-state index is 0.359. The maximum atomic E-state index is 11.8. The van der Waals surface area contributed by atoms with E-state index in [0.717, 1.165) is 3.57 Å². The number of hydrogen-bond acceptors (Lipinski definition) is 4. The van der Waals surface area contributed by atoms with Gasteiger partial charge in [0.15, 0.2) is 6.61 Å². The highest BCUT2D eigenvalue weighted by Crippen LogP contribution is 2.08. The Balaban J connectivity index is 1.77. The first-order chi connectivity index (χ1) is 11.1. The number of rotatable bonds is 4. The van der Waals surface area contributed by atoms with Crippen molar-refractivity contribution < 1.29 is 19.1 Å². The van der Waals surface area contributed by atoms with E-state index in [-0.39, 0.29) is 0 Å². The average molecular weight is 424 g/mol. The van der Waals surface area contributed by atoms with E-state index in [0.29, 0.717) is 11.1 Å². The third-order valence-corrected chi connectivity index (χ3v) is 3.42. The zero-order chi connectivity index (χ0) is 16.7. The van der Waals surface area contributed by atoms with Crippen LogP contribution in [0.2, 0.25) is 0 Å². The van der Waals surface area contributed by atoms with Crippen LogP contribution in [0.4, 0.5) is 0 Å². The van der Waals surface area contributed by atoms with Crippen LogP contribution < -0.4 is 10.9 Å². The number of halogens is 1. The molecule has 23 heavy (non-hydrogen) atoms. The summed E-state index contributed by atoms with van der Waals surface area (Å²) in [6.07, 6.45) is 0. The molecule has 6 nitrogen and oxygen atoms in total. The van der Waals surface area contributed by atoms with Crippen LogP contribution in [0.25, 0.3) is 0 Å². The summed E-state index contributed by atoms with van der Waals surface area (Å²) < 4.78 is 5.76. The molecular formula is C16H13IN2O4. The molecule has 0 aliphatic heterocycles. The van der Waals surface area contributed by atoms with Gasteiger partial charge in [0.1, 0.15) is 0 Å². The highest BCUT2D eigenvalue weighted by Gasteiger charge is 2.11. The van der Waals surface area contributed by atoms with Gasteiger partial charge in [-0.15, -0.1) is 0 Å². The minimum Gasteiger partial charge on any atom is -0.452 e. The van der Waals surface area contributed by atoms with Crippen molar-refractivity contribution in [2.45, 2.75) is 0 Å². The Morgan fingerprint density at radius 2 is 1.61 bits per heavy atom. The number of ether oxygens (including phenoxy) is 1. The Morgan fingerprint density at radius 3 is 2.30 bits per heavy atom. The topological polar surface area (TPSA) is 84.5 Å². The molecule has 2 aromatic rings. The summed E-state index contributed by atoms with van der Waals surface area (Å²) in [7, 11) is 0. The first kappa shape index (κ1) is 16.9. The lowest BCUT2D eigenvalue weighted by molar-refractivity contribution is -0.125. The van der Waals surface area contributed by atoms with Gasteiger partial charge >= 0.3 is 5.97 Å². The molecule has 0 unspecified atom stereocenters. The van der Waals surface area contributed by atoms with Crippen molar-refractivity contribution in [2.75, 3.05) is 6.61 Å². The zero-order valence-corrected chi connectivity index (χ0v) is 14.1. The van der Waals surface area contributed by atoms with Gasteiger partial charge in [0.05, 0.1) is 5.56 Å². The molecule has 7 heteroatoms. The molecule has 0 aromatic heterocycles. The summed E-state index contributed by atoms with van der Waals surface area (Å²) in [5, 5.41) is 0. The maximum absolute atomic E-state index is 11.8. The Kier molecular flexibility index (Phi) is 6.10. The number of nitrogens with one attached hydrogen (secondary N) is 2. The molecule has 0 saturated heterocycles. The van der Waals surface area contributed by atoms with Crippen LogP contribution >= 0.6 is 22.6 Å². The SMILES string of the molecule is O=C(COC(=O)c1cccc(I)c1)NNC(=O)c1ccccc1. The smallest absolute Gasteiger partial charge is 0.338 e. The molecule has 2 N–H and O–H groups in total. The summed E-state index contributed by atoms with van der Waals surface area (Å²) in [6.45, 7) is -0.487. The van der Waals surface area contributed by atoms with Crippen LogP contribution in [0.1, 0.15) is 20.7 Å². The van der Waals surface area contributed by atoms with Crippen molar-refractivity contribution in [3.8, 4) is 0 Å². The molecule has 0 saturated carbocycles. The van der Waals surface area contributed by atoms with Gasteiger partial charge in [-0.05, 0) is 52.9 Å². The summed E-state index contributed by atoms with van der Waals surface area (Å²) in [4.78, 5) is 35.1. The zero-order valence-electron chi connectivity index (χ0n) is 11.9. The van der Waals surface area contributed by atoms with Gasteiger partial charge in [0.2, 0.25) is 0 Å². The second-order valence-electron chi connectivity index (χ2n) is 4.45. The second kappa shape index (κ2) is 8.28. The molecule has 0 heterocycles. The molecule has 0 bridgehead atoms. The minimum atomic E-state index is -0.631. The lowest BCUT2D eigenvalue weighted by Gasteiger charge is -2.08. The maximum Gasteiger partial charge on any atom is 0.338 e. The molecule has 2 rings (SSSR count). The fourth-order valence-corrected chi connectivity index (χ4v) is 2.20. The van der Waals surface area contributed by atoms with Crippen LogP contribution in [-0.2, 0) is 9.53 Å². The third-order valence-electron chi connectivity index (χ3n) is 2.75. The molecule has 0 aliphatic carbocycles. The van der Waals surface area contributed by atoms with Gasteiger partial charge in [-0.2, -0.15) is 0 Å². The number of esters is 1. The Hall–Kier alpha value is -2.42. The number of carbonyl (C=O) groups excluding carboxylic acids is 3. The van der Waals surface area contributed by atoms with Crippen LogP contribution in [0.3, 0.4) is 0 Å². The molecule has 118 valence electrons. The summed E-state index contributed by atoms with van der Waals surface area (Å²) >= 11 is 2.07. The molecule has 2 aromatic carbocycles. The van der Waals surface area contributed by atoms with Crippen molar-refractivity contribution in [2.24, 2.45) is 0 Å². The molecule has 0 atom stereocenters. The van der Waals surface area contributed by atoms with Crippen LogP contribution in [0.5, 0.6) is 0 Å². The number of hydrazine groups is 1. The van der Waals surface area contributed by atoms with E-state index in [2.05, 4.69) is 33.4 Å². The van der Waals surface area contributed by atoms with Crippen molar-refractivity contribution in [1.29, 1.82) is 0 Å². The first-order valence-corrected chi connectivity index (χ1v) is 7.71. The van der Waals surface area contributed by atoms with E-state index in [4.69, 9.17) is 4.74 Å². The fraction of sp³-hybridized carbons (Fsp3) is 0.0625. The number of amides is 2. The third kappa shape index (κ3) is 5.37. The van der Waals surface area contributed by atoms with Gasteiger partial charge in [-0.3, -0.25) is 20.4 Å². The lowest BCUT2D eigenvalue weighted by atomic mass is 10.2. The Bertz CT molecular complexity index is 719. The molecule has 0 radical (unpaired) electrons. The normalized spacial score (nSPS) is 9.78. The fourth-order valence-electron chi connectivity index (χ4n) is 1.65. The van der Waals surface area contributed by atoms with E-state index < -0.39 is 24.4 Å². The summed E-state index contributed by atoms with van der Waals surface area (Å²) in [6, 6.07) is 15.2. The van der Waals surface area contributed by atoms with Crippen molar-refractivity contribution >= 4 is 40.4 Å². The lowest BCUT2D eigenvalue weighted by Crippen LogP contribution is -2.43. The predicted octanol–water partition coefficient (Wildman–Crippen LogP) is 1.91. The average Bonchev–Trinajstić information content (AvgIpc) is 2.58. The molecule has 0 spiro atoms. The largest absolute Gasteiger partial charge is 0.452 e. The van der Waals surface area contributed by atoms with E-state index >= 15 is 0 Å². The Labute approximate surface area is 146 Å². The van der Waals surface area contributed by atoms with Gasteiger partial charge in [-0.1, -0.05) is 24.3 Å². The van der Waals surface area contributed by atoms with E-state index in [9.17, 15) is 14.4 Å². The van der Waals surface area contributed by atoms with Gasteiger partial charge < -0.3 is 4.74 Å². The first-order valence-electron chi connectivity index (χ1n) is 6.63.